The first-order valence-electron chi connectivity index (χ1n) is 6.98. The van der Waals surface area contributed by atoms with Crippen LogP contribution in [0.2, 0.25) is 0 Å². The van der Waals surface area contributed by atoms with Crippen molar-refractivity contribution in [3.63, 3.8) is 0 Å². The predicted molar refractivity (Wildman–Crippen MR) is 82.1 cm³/mol. The number of ether oxygens (including phenoxy) is 1. The molecule has 1 unspecified atom stereocenters. The molecule has 0 bridgehead atoms. The topological polar surface area (TPSA) is 50.4 Å². The van der Waals surface area contributed by atoms with Crippen LogP contribution in [-0.4, -0.2) is 30.0 Å². The highest BCUT2D eigenvalue weighted by atomic mass is 35.5. The van der Waals surface area contributed by atoms with Gasteiger partial charge in [0.1, 0.15) is 11.4 Å². The van der Waals surface area contributed by atoms with Gasteiger partial charge < -0.3 is 10.1 Å². The van der Waals surface area contributed by atoms with E-state index in [1.165, 1.54) is 0 Å². The van der Waals surface area contributed by atoms with E-state index in [0.29, 0.717) is 5.69 Å². The maximum atomic E-state index is 13.1. The van der Waals surface area contributed by atoms with Crippen molar-refractivity contribution in [1.29, 1.82) is 0 Å². The molecule has 0 aromatic heterocycles. The van der Waals surface area contributed by atoms with Crippen LogP contribution >= 0.6 is 12.4 Å². The second-order valence-electron chi connectivity index (χ2n) is 6.34. The number of halogens is 3. The number of fused-ring (bicyclic) bond motifs is 1. The molecule has 0 aliphatic carbocycles. The van der Waals surface area contributed by atoms with Crippen LogP contribution in [0.4, 0.5) is 14.5 Å². The van der Waals surface area contributed by atoms with Crippen molar-refractivity contribution in [2.24, 2.45) is 0 Å². The van der Waals surface area contributed by atoms with E-state index in [2.05, 4.69) is 10.6 Å². The van der Waals surface area contributed by atoms with E-state index in [1.54, 1.807) is 12.1 Å². The monoisotopic (exact) mass is 332 g/mol. The van der Waals surface area contributed by atoms with Gasteiger partial charge in [0, 0.05) is 24.1 Å². The van der Waals surface area contributed by atoms with Crippen LogP contribution in [0.15, 0.2) is 18.2 Å². The molecule has 1 atom stereocenters. The summed E-state index contributed by atoms with van der Waals surface area (Å²) in [6, 6.07) is 4.53. The quantitative estimate of drug-likeness (QED) is 0.875. The number of hydrogen-bond donors (Lipinski definition) is 2. The first-order chi connectivity index (χ1) is 9.74. The molecule has 1 amide bonds. The van der Waals surface area contributed by atoms with Gasteiger partial charge in [0.15, 0.2) is 0 Å². The van der Waals surface area contributed by atoms with E-state index in [4.69, 9.17) is 4.74 Å². The molecule has 4 nitrogen and oxygen atoms in total. The number of benzene rings is 1. The van der Waals surface area contributed by atoms with Crippen LogP contribution < -0.4 is 15.4 Å². The average Bonchev–Trinajstić information content (AvgIpc) is 2.86. The second kappa shape index (κ2) is 5.66. The lowest BCUT2D eigenvalue weighted by Crippen LogP contribution is -2.35. The van der Waals surface area contributed by atoms with Gasteiger partial charge in [-0.2, -0.15) is 0 Å². The third kappa shape index (κ3) is 3.50. The number of anilines is 1. The molecule has 2 N–H and O–H groups in total. The lowest BCUT2D eigenvalue weighted by Gasteiger charge is -2.16. The van der Waals surface area contributed by atoms with E-state index >= 15 is 0 Å². The molecule has 2 aliphatic heterocycles. The summed E-state index contributed by atoms with van der Waals surface area (Å²) in [5, 5.41) is 5.23. The Kier molecular flexibility index (Phi) is 4.37. The number of hydrogen-bond acceptors (Lipinski definition) is 3. The molecule has 1 fully saturated rings. The van der Waals surface area contributed by atoms with Gasteiger partial charge in [-0.3, -0.25) is 10.1 Å². The fraction of sp³-hybridized carbons (Fsp3) is 0.533. The molecule has 22 heavy (non-hydrogen) atoms. The Hall–Kier alpha value is -1.40. The first kappa shape index (κ1) is 17.0. The molecule has 0 saturated carbocycles. The first-order valence-corrected chi connectivity index (χ1v) is 6.98. The maximum absolute atomic E-state index is 13.1. The van der Waals surface area contributed by atoms with Gasteiger partial charge in [-0.25, -0.2) is 8.78 Å². The van der Waals surface area contributed by atoms with Crippen LogP contribution in [0.25, 0.3) is 0 Å². The summed E-state index contributed by atoms with van der Waals surface area (Å²) in [6.45, 7) is 3.54. The van der Waals surface area contributed by atoms with Crippen molar-refractivity contribution in [3.05, 3.63) is 23.8 Å². The number of rotatable bonds is 2. The Morgan fingerprint density at radius 2 is 2.14 bits per heavy atom. The summed E-state index contributed by atoms with van der Waals surface area (Å²) >= 11 is 0. The second-order valence-corrected chi connectivity index (χ2v) is 6.34. The average molecular weight is 333 g/mol. The molecule has 1 aromatic rings. The standard InChI is InChI=1S/C15H18F2N2O2.ClH/c1-14(2)6-9-5-10(3-4-12(9)21-14)19-13(20)11-7-15(16,17)8-18-11;/h3-5,11,18H,6-8H2,1-2H3,(H,19,20);1H. The lowest BCUT2D eigenvalue weighted by atomic mass is 10.0. The Balaban J connectivity index is 0.00000176. The Bertz CT molecular complexity index is 593. The molecular formula is C15H19ClF2N2O2. The minimum atomic E-state index is -2.81. The van der Waals surface area contributed by atoms with Crippen LogP contribution in [0, 0.1) is 0 Å². The van der Waals surface area contributed by atoms with Crippen molar-refractivity contribution >= 4 is 24.0 Å². The number of nitrogens with one attached hydrogen (secondary N) is 2. The zero-order valence-corrected chi connectivity index (χ0v) is 13.2. The highest BCUT2D eigenvalue weighted by molar-refractivity contribution is 5.95. The van der Waals surface area contributed by atoms with Crippen LogP contribution in [0.1, 0.15) is 25.8 Å². The molecule has 1 aromatic carbocycles. The van der Waals surface area contributed by atoms with E-state index in [9.17, 15) is 13.6 Å². The molecule has 3 rings (SSSR count). The minimum absolute atomic E-state index is 0. The van der Waals surface area contributed by atoms with Gasteiger partial charge in [0.25, 0.3) is 5.92 Å². The zero-order valence-electron chi connectivity index (χ0n) is 12.4. The third-order valence-corrected chi connectivity index (χ3v) is 3.76. The van der Waals surface area contributed by atoms with Crippen molar-refractivity contribution < 1.29 is 18.3 Å². The molecule has 0 spiro atoms. The van der Waals surface area contributed by atoms with E-state index < -0.39 is 30.8 Å². The normalized spacial score (nSPS) is 24.1. The highest BCUT2D eigenvalue weighted by Gasteiger charge is 2.42. The van der Waals surface area contributed by atoms with Gasteiger partial charge in [0.05, 0.1) is 12.6 Å². The molecule has 2 aliphatic rings. The summed E-state index contributed by atoms with van der Waals surface area (Å²) < 4.78 is 32.0. The SMILES string of the molecule is CC1(C)Cc2cc(NC(=O)C3CC(F)(F)CN3)ccc2O1.Cl. The third-order valence-electron chi connectivity index (χ3n) is 3.76. The maximum Gasteiger partial charge on any atom is 0.262 e. The van der Waals surface area contributed by atoms with Crippen molar-refractivity contribution in [3.8, 4) is 5.75 Å². The Labute approximate surface area is 134 Å². The van der Waals surface area contributed by atoms with Crippen molar-refractivity contribution in [1.82, 2.24) is 5.32 Å². The fourth-order valence-electron chi connectivity index (χ4n) is 2.82. The summed E-state index contributed by atoms with van der Waals surface area (Å²) in [6.07, 6.45) is 0.297. The van der Waals surface area contributed by atoms with Crippen molar-refractivity contribution in [2.45, 2.75) is 44.3 Å². The van der Waals surface area contributed by atoms with E-state index in [1.807, 2.05) is 19.9 Å². The summed E-state index contributed by atoms with van der Waals surface area (Å²) in [4.78, 5) is 12.0. The van der Waals surface area contributed by atoms with Crippen molar-refractivity contribution in [2.75, 3.05) is 11.9 Å². The van der Waals surface area contributed by atoms with Crippen LogP contribution in [0.3, 0.4) is 0 Å². The molecule has 2 heterocycles. The van der Waals surface area contributed by atoms with Gasteiger partial charge in [-0.05, 0) is 32.0 Å². The zero-order chi connectivity index (χ0) is 15.3. The molecular weight excluding hydrogens is 314 g/mol. The van der Waals surface area contributed by atoms with Crippen LogP contribution in [0.5, 0.6) is 5.75 Å². The summed E-state index contributed by atoms with van der Waals surface area (Å²) in [5.41, 5.74) is 1.37. The summed E-state index contributed by atoms with van der Waals surface area (Å²) in [7, 11) is 0. The Morgan fingerprint density at radius 3 is 2.77 bits per heavy atom. The van der Waals surface area contributed by atoms with Gasteiger partial charge >= 0.3 is 0 Å². The Morgan fingerprint density at radius 1 is 1.41 bits per heavy atom. The molecule has 0 radical (unpaired) electrons. The van der Waals surface area contributed by atoms with E-state index in [0.717, 1.165) is 17.7 Å². The molecule has 1 saturated heterocycles. The number of carbonyl (C=O) groups is 1. The van der Waals surface area contributed by atoms with Gasteiger partial charge in [-0.15, -0.1) is 12.4 Å². The van der Waals surface area contributed by atoms with E-state index in [-0.39, 0.29) is 18.0 Å². The van der Waals surface area contributed by atoms with Gasteiger partial charge in [-0.1, -0.05) is 0 Å². The smallest absolute Gasteiger partial charge is 0.262 e. The van der Waals surface area contributed by atoms with Gasteiger partial charge in [0.2, 0.25) is 5.91 Å². The largest absolute Gasteiger partial charge is 0.487 e. The number of alkyl halides is 2. The molecule has 7 heteroatoms. The van der Waals surface area contributed by atoms with Crippen LogP contribution in [-0.2, 0) is 11.2 Å². The molecule has 122 valence electrons. The fourth-order valence-corrected chi connectivity index (χ4v) is 2.82. The summed E-state index contributed by atoms with van der Waals surface area (Å²) in [5.74, 6) is -2.42. The minimum Gasteiger partial charge on any atom is -0.487 e. The highest BCUT2D eigenvalue weighted by Crippen LogP contribution is 2.36. The predicted octanol–water partition coefficient (Wildman–Crippen LogP) is 2.76. The number of carbonyl (C=O) groups excluding carboxylic acids is 1. The lowest BCUT2D eigenvalue weighted by molar-refractivity contribution is -0.118. The number of amides is 1.